The lowest BCUT2D eigenvalue weighted by Crippen LogP contribution is -1.99. The SMILES string of the molecule is FC/C(F)=C/C(F)(F)Br. The number of allylic oxidation sites excluding steroid dienone is 2. The van der Waals surface area contributed by atoms with Crippen LogP contribution in [0.3, 0.4) is 0 Å². The van der Waals surface area contributed by atoms with Gasteiger partial charge in [-0.05, 0) is 15.9 Å². The highest BCUT2D eigenvalue weighted by molar-refractivity contribution is 9.10. The van der Waals surface area contributed by atoms with Gasteiger partial charge in [-0.3, -0.25) is 0 Å². The van der Waals surface area contributed by atoms with Crippen LogP contribution in [0.15, 0.2) is 11.9 Å². The standard InChI is InChI=1S/C4H3BrF4/c5-4(8,9)1-3(7)2-6/h1H,2H2/b3-1-. The molecule has 0 unspecified atom stereocenters. The summed E-state index contributed by atoms with van der Waals surface area (Å²) in [5.74, 6) is -1.48. The third kappa shape index (κ3) is 5.82. The molecule has 0 bridgehead atoms. The average Bonchev–Trinajstić information content (AvgIpc) is 1.62. The second kappa shape index (κ2) is 3.20. The molecular formula is C4H3BrF4. The van der Waals surface area contributed by atoms with Gasteiger partial charge in [0.1, 0.15) is 12.5 Å². The molecule has 0 aliphatic rings. The molecule has 0 spiro atoms. The van der Waals surface area contributed by atoms with Crippen molar-refractivity contribution >= 4 is 15.9 Å². The van der Waals surface area contributed by atoms with E-state index in [0.29, 0.717) is 0 Å². The lowest BCUT2D eigenvalue weighted by Gasteiger charge is -1.98. The molecule has 9 heavy (non-hydrogen) atoms. The number of halogens is 5. The smallest absolute Gasteiger partial charge is 0.243 e. The first-order valence-corrected chi connectivity index (χ1v) is 2.75. The maximum absolute atomic E-state index is 11.6. The molecule has 0 fully saturated rings. The van der Waals surface area contributed by atoms with Crippen molar-refractivity contribution in [3.05, 3.63) is 11.9 Å². The lowest BCUT2D eigenvalue weighted by atomic mass is 10.5. The van der Waals surface area contributed by atoms with Crippen molar-refractivity contribution in [2.45, 2.75) is 4.83 Å². The van der Waals surface area contributed by atoms with Crippen molar-refractivity contribution in [3.63, 3.8) is 0 Å². The van der Waals surface area contributed by atoms with E-state index in [1.807, 2.05) is 0 Å². The summed E-state index contributed by atoms with van der Waals surface area (Å²) in [5.41, 5.74) is 0. The van der Waals surface area contributed by atoms with E-state index >= 15 is 0 Å². The minimum Gasteiger partial charge on any atom is -0.243 e. The fourth-order valence-electron chi connectivity index (χ4n) is 0.216. The molecule has 5 heteroatoms. The van der Waals surface area contributed by atoms with E-state index in [1.165, 1.54) is 0 Å². The van der Waals surface area contributed by atoms with Crippen molar-refractivity contribution < 1.29 is 17.6 Å². The molecule has 0 aliphatic heterocycles. The predicted octanol–water partition coefficient (Wildman–Crippen LogP) is 2.80. The molecule has 0 rings (SSSR count). The van der Waals surface area contributed by atoms with E-state index in [1.54, 1.807) is 15.9 Å². The van der Waals surface area contributed by atoms with E-state index < -0.39 is 17.3 Å². The van der Waals surface area contributed by atoms with Gasteiger partial charge in [0.2, 0.25) is 0 Å². The zero-order chi connectivity index (χ0) is 7.49. The first-order valence-electron chi connectivity index (χ1n) is 1.95. The molecule has 0 aromatic rings. The summed E-state index contributed by atoms with van der Waals surface area (Å²) < 4.78 is 45.9. The van der Waals surface area contributed by atoms with E-state index in [2.05, 4.69) is 0 Å². The highest BCUT2D eigenvalue weighted by Crippen LogP contribution is 2.24. The Morgan fingerprint density at radius 3 is 2.11 bits per heavy atom. The molecule has 0 saturated heterocycles. The molecule has 0 heterocycles. The van der Waals surface area contributed by atoms with E-state index in [0.717, 1.165) is 0 Å². The first-order chi connectivity index (χ1) is 3.95. The average molecular weight is 207 g/mol. The van der Waals surface area contributed by atoms with Crippen LogP contribution in [0.4, 0.5) is 17.6 Å². The normalized spacial score (nSPS) is 14.1. The monoisotopic (exact) mass is 206 g/mol. The fraction of sp³-hybridized carbons (Fsp3) is 0.500. The van der Waals surface area contributed by atoms with E-state index in [4.69, 9.17) is 0 Å². The Labute approximate surface area is 57.7 Å². The third-order valence-corrected chi connectivity index (χ3v) is 0.677. The second-order valence-electron chi connectivity index (χ2n) is 1.27. The minimum atomic E-state index is -3.44. The Hall–Kier alpha value is -0.0600. The summed E-state index contributed by atoms with van der Waals surface area (Å²) >= 11 is 1.80. The Kier molecular flexibility index (Phi) is 3.17. The van der Waals surface area contributed by atoms with Crippen LogP contribution in [-0.2, 0) is 0 Å². The molecule has 0 saturated carbocycles. The molecular weight excluding hydrogens is 204 g/mol. The van der Waals surface area contributed by atoms with Gasteiger partial charge >= 0.3 is 4.83 Å². The van der Waals surface area contributed by atoms with Crippen LogP contribution in [0.2, 0.25) is 0 Å². The maximum atomic E-state index is 11.6. The zero-order valence-corrected chi connectivity index (χ0v) is 5.76. The van der Waals surface area contributed by atoms with Gasteiger partial charge in [-0.15, -0.1) is 0 Å². The van der Waals surface area contributed by atoms with Crippen LogP contribution in [0.1, 0.15) is 0 Å². The molecule has 0 radical (unpaired) electrons. The highest BCUT2D eigenvalue weighted by Gasteiger charge is 2.21. The van der Waals surface area contributed by atoms with Crippen molar-refractivity contribution in [3.8, 4) is 0 Å². The molecule has 54 valence electrons. The summed E-state index contributed by atoms with van der Waals surface area (Å²) in [4.78, 5) is -3.44. The van der Waals surface area contributed by atoms with Gasteiger partial charge in [0.25, 0.3) is 0 Å². The molecule has 0 aromatic heterocycles. The van der Waals surface area contributed by atoms with Crippen LogP contribution in [0.5, 0.6) is 0 Å². The van der Waals surface area contributed by atoms with Crippen LogP contribution in [-0.4, -0.2) is 11.5 Å². The van der Waals surface area contributed by atoms with Gasteiger partial charge in [0, 0.05) is 6.08 Å². The van der Waals surface area contributed by atoms with Crippen LogP contribution < -0.4 is 0 Å². The van der Waals surface area contributed by atoms with Crippen LogP contribution in [0, 0.1) is 0 Å². The summed E-state index contributed by atoms with van der Waals surface area (Å²) in [7, 11) is 0. The molecule has 0 N–H and O–H groups in total. The highest BCUT2D eigenvalue weighted by atomic mass is 79.9. The molecule has 0 aromatic carbocycles. The van der Waals surface area contributed by atoms with Crippen LogP contribution in [0.25, 0.3) is 0 Å². The van der Waals surface area contributed by atoms with Crippen molar-refractivity contribution in [2.24, 2.45) is 0 Å². The van der Waals surface area contributed by atoms with E-state index in [-0.39, 0.29) is 6.08 Å². The number of hydrogen-bond acceptors (Lipinski definition) is 0. The molecule has 0 atom stereocenters. The predicted molar refractivity (Wildman–Crippen MR) is 29.0 cm³/mol. The van der Waals surface area contributed by atoms with Gasteiger partial charge in [0.05, 0.1) is 0 Å². The lowest BCUT2D eigenvalue weighted by molar-refractivity contribution is 0.167. The number of alkyl halides is 4. The molecule has 0 amide bonds. The summed E-state index contributed by atoms with van der Waals surface area (Å²) in [5, 5.41) is 0. The number of rotatable bonds is 2. The Morgan fingerprint density at radius 2 is 2.00 bits per heavy atom. The van der Waals surface area contributed by atoms with Crippen LogP contribution >= 0.6 is 15.9 Å². The number of hydrogen-bond donors (Lipinski definition) is 0. The maximum Gasteiger partial charge on any atom is 0.322 e. The third-order valence-electron chi connectivity index (χ3n) is 0.448. The van der Waals surface area contributed by atoms with Gasteiger partial charge < -0.3 is 0 Å². The molecule has 0 nitrogen and oxygen atoms in total. The first kappa shape index (κ1) is 8.94. The second-order valence-corrected chi connectivity index (χ2v) is 2.32. The summed E-state index contributed by atoms with van der Waals surface area (Å²) in [6.45, 7) is -1.50. The van der Waals surface area contributed by atoms with Gasteiger partial charge in [-0.1, -0.05) is 0 Å². The topological polar surface area (TPSA) is 0 Å². The minimum absolute atomic E-state index is 0.132. The van der Waals surface area contributed by atoms with Crippen molar-refractivity contribution in [1.29, 1.82) is 0 Å². The quantitative estimate of drug-likeness (QED) is 0.482. The van der Waals surface area contributed by atoms with E-state index in [9.17, 15) is 17.6 Å². The van der Waals surface area contributed by atoms with Gasteiger partial charge in [-0.25, -0.2) is 8.78 Å². The van der Waals surface area contributed by atoms with Crippen molar-refractivity contribution in [2.75, 3.05) is 6.67 Å². The van der Waals surface area contributed by atoms with Crippen molar-refractivity contribution in [1.82, 2.24) is 0 Å². The summed E-state index contributed by atoms with van der Waals surface area (Å²) in [6, 6.07) is 0. The van der Waals surface area contributed by atoms with Gasteiger partial charge in [0.15, 0.2) is 0 Å². The largest absolute Gasteiger partial charge is 0.322 e. The zero-order valence-electron chi connectivity index (χ0n) is 4.17. The Bertz CT molecular complexity index is 114. The fourth-order valence-corrected chi connectivity index (χ4v) is 0.465. The Morgan fingerprint density at radius 1 is 1.56 bits per heavy atom. The summed E-state index contributed by atoms with van der Waals surface area (Å²) in [6.07, 6.45) is -0.132. The Balaban J connectivity index is 3.95. The van der Waals surface area contributed by atoms with Gasteiger partial charge in [-0.2, -0.15) is 8.78 Å². The molecule has 0 aliphatic carbocycles.